The van der Waals surface area contributed by atoms with E-state index in [1.807, 2.05) is 13.8 Å². The molecule has 34 heteroatoms. The van der Waals surface area contributed by atoms with E-state index in [0.29, 0.717) is 13.3 Å². The van der Waals surface area contributed by atoms with Gasteiger partial charge in [0.25, 0.3) is 0 Å². The monoisotopic (exact) mass is 1390 g/mol. The van der Waals surface area contributed by atoms with E-state index >= 15 is 0 Å². The maximum Gasteiger partial charge on any atom is 0.460 e. The fourth-order valence-electron chi connectivity index (χ4n) is 7.06. The Morgan fingerprint density at radius 3 is 0.826 bits per heavy atom. The van der Waals surface area contributed by atoms with Crippen LogP contribution >= 0.6 is 0 Å². The molecule has 0 saturated carbocycles. The molecule has 92 heavy (non-hydrogen) atoms. The molecule has 0 radical (unpaired) electrons. The van der Waals surface area contributed by atoms with Crippen molar-refractivity contribution in [3.63, 3.8) is 0 Å². The second kappa shape index (κ2) is 32.2. The zero-order valence-electron chi connectivity index (χ0n) is 47.6. The van der Waals surface area contributed by atoms with E-state index < -0.39 is 182 Å². The molecule has 0 aliphatic rings. The molecule has 0 unspecified atom stereocenters. The predicted molar refractivity (Wildman–Crippen MR) is 263 cm³/mol. The van der Waals surface area contributed by atoms with Crippen LogP contribution in [-0.2, 0) is 24.9 Å². The van der Waals surface area contributed by atoms with E-state index in [1.165, 1.54) is 35.4 Å². The number of aryl methyl sites for hydroxylation is 4. The first-order valence-electron chi connectivity index (χ1n) is 25.5. The highest BCUT2D eigenvalue weighted by molar-refractivity contribution is 5.38. The third-order valence-electron chi connectivity index (χ3n) is 12.2. The maximum atomic E-state index is 13.7. The molecule has 6 aromatic rings. The van der Waals surface area contributed by atoms with E-state index in [4.69, 9.17) is 0 Å². The fourth-order valence-corrected chi connectivity index (χ4v) is 7.06. The van der Waals surface area contributed by atoms with Crippen molar-refractivity contribution in [3.8, 4) is 0 Å². The van der Waals surface area contributed by atoms with Crippen LogP contribution in [0, 0.1) is 108 Å². The maximum absolute atomic E-state index is 13.7. The summed E-state index contributed by atoms with van der Waals surface area (Å²) < 4.78 is 428. The van der Waals surface area contributed by atoms with Crippen molar-refractivity contribution < 1.29 is 149 Å². The number of alkyl halides is 19. The Morgan fingerprint density at radius 1 is 0.304 bits per heavy atom. The fraction of sp³-hybridized carbons (Fsp3) is 0.379. The molecule has 6 aromatic carbocycles. The normalized spacial score (nSPS) is 12.3. The summed E-state index contributed by atoms with van der Waals surface area (Å²) in [4.78, 5) is 0. The van der Waals surface area contributed by atoms with Gasteiger partial charge >= 0.3 is 48.1 Å². The Bertz CT molecular complexity index is 3100. The van der Waals surface area contributed by atoms with E-state index in [-0.39, 0.29) is 0 Å². The van der Waals surface area contributed by atoms with Crippen molar-refractivity contribution in [2.75, 3.05) is 0 Å². The van der Waals surface area contributed by atoms with Crippen LogP contribution in [0.15, 0.2) is 72.8 Å². The minimum atomic E-state index is -7.29. The van der Waals surface area contributed by atoms with Crippen molar-refractivity contribution in [2.45, 2.75) is 141 Å². The van der Waals surface area contributed by atoms with E-state index in [0.717, 1.165) is 68.5 Å². The highest BCUT2D eigenvalue weighted by Gasteiger charge is 2.86. The predicted octanol–water partition coefficient (Wildman–Crippen LogP) is 23.1. The van der Waals surface area contributed by atoms with Crippen LogP contribution in [0.3, 0.4) is 0 Å². The first kappa shape index (κ1) is 83.0. The lowest BCUT2D eigenvalue weighted by atomic mass is 9.90. The summed E-state index contributed by atoms with van der Waals surface area (Å²) in [5.41, 5.74) is -1.55. The van der Waals surface area contributed by atoms with Gasteiger partial charge in [0.1, 0.15) is 0 Å². The average molecular weight is 1390 g/mol. The highest BCUT2D eigenvalue weighted by atomic mass is 19.4. The number of halogens is 34. The van der Waals surface area contributed by atoms with E-state index in [9.17, 15) is 149 Å². The molecule has 0 aliphatic heterocycles. The summed E-state index contributed by atoms with van der Waals surface area (Å²) in [5.74, 6) is -68.3. The van der Waals surface area contributed by atoms with Crippen molar-refractivity contribution in [3.05, 3.63) is 210 Å². The Morgan fingerprint density at radius 2 is 0.576 bits per heavy atom. The summed E-state index contributed by atoms with van der Waals surface area (Å²) in [6.45, 7) is 10.3. The molecule has 0 atom stereocenters. The molecule has 0 N–H and O–H groups in total. The highest BCUT2D eigenvalue weighted by Crippen LogP contribution is 2.58. The van der Waals surface area contributed by atoms with Crippen LogP contribution in [0.5, 0.6) is 0 Å². The Kier molecular flexibility index (Phi) is 29.0. The van der Waals surface area contributed by atoms with Crippen LogP contribution < -0.4 is 0 Å². The third kappa shape index (κ3) is 19.3. The molecule has 0 heterocycles. The summed E-state index contributed by atoms with van der Waals surface area (Å²) in [5, 5.41) is 0. The third-order valence-corrected chi connectivity index (χ3v) is 12.2. The number of hydrogen-bond donors (Lipinski definition) is 0. The lowest BCUT2D eigenvalue weighted by molar-refractivity contribution is -0.422. The summed E-state index contributed by atoms with van der Waals surface area (Å²) >= 11 is 0. The SMILES string of the molecule is CC(c1c(F)c(F)c(F)c(F)c1F)c1c(F)c(F)c(F)c(F)c1F.CCCC(F)(F)C(F)(F)C(F)(F)C(F)(F)C(F)(F)F.CCCc1ccc(C(F)(F)C(F)(F)F)cc1.CCCc1ccc(C(F)(F)F)cc1.Cc1c(F)c(F)c(F)c(F)c1F.Cc1ccc(C)cc1. The van der Waals surface area contributed by atoms with Crippen LogP contribution in [0.25, 0.3) is 0 Å². The Labute approximate surface area is 499 Å². The Hall–Kier alpha value is -7.06. The van der Waals surface area contributed by atoms with Gasteiger partial charge in [0.05, 0.1) is 5.56 Å². The number of benzene rings is 6. The first-order valence-corrected chi connectivity index (χ1v) is 25.5. The van der Waals surface area contributed by atoms with Crippen molar-refractivity contribution in [2.24, 2.45) is 0 Å². The second-order valence-electron chi connectivity index (χ2n) is 19.2. The van der Waals surface area contributed by atoms with E-state index in [1.54, 1.807) is 0 Å². The quantitative estimate of drug-likeness (QED) is 0.0651. The molecule has 0 amide bonds. The van der Waals surface area contributed by atoms with Crippen LogP contribution in [0.1, 0.15) is 109 Å². The largest absolute Gasteiger partial charge is 0.460 e. The summed E-state index contributed by atoms with van der Waals surface area (Å²) in [6, 6.07) is 18.1. The minimum Gasteiger partial charge on any atom is -0.203 e. The van der Waals surface area contributed by atoms with Gasteiger partial charge in [-0.15, -0.1) is 0 Å². The molecule has 6 rings (SSSR count). The lowest BCUT2D eigenvalue weighted by Crippen LogP contribution is -2.66. The van der Waals surface area contributed by atoms with Gasteiger partial charge < -0.3 is 0 Å². The smallest absolute Gasteiger partial charge is 0.203 e. The Balaban J connectivity index is 0.000000568. The molecule has 0 bridgehead atoms. The standard InChI is InChI=1S/C14H4F10.C11H11F5.C10H11F3.C8H7F11.C8H10.C7H3F5/c1-2(3-5(15)9(19)13(23)10(20)6(3)16)4-7(17)11(21)14(24)12(22)8(4)18;1-2-3-8-4-6-9(7-5-8)10(12,13)11(14,15)16;1-2-3-8-4-6-9(7-5-8)10(11,12)13;1-2-3-4(9,10)5(11,12)6(13,14)7(15,16)8(17,18)19;1-7-3-5-8(2)6-4-7;1-2-3(8)5(10)7(12)6(11)4(2)9/h2H,1H3;4-7H,2-3H2,1H3;4-7H,2-3H2,1H3;2-3H2,1H3;3-6H,1-2H3;1H3. The summed E-state index contributed by atoms with van der Waals surface area (Å²) in [6.07, 6.45) is -16.4. The van der Waals surface area contributed by atoms with E-state index in [2.05, 4.69) is 38.1 Å². The van der Waals surface area contributed by atoms with Crippen molar-refractivity contribution >= 4 is 0 Å². The van der Waals surface area contributed by atoms with Gasteiger partial charge in [-0.05, 0) is 56.9 Å². The van der Waals surface area contributed by atoms with Crippen molar-refractivity contribution in [1.82, 2.24) is 0 Å². The van der Waals surface area contributed by atoms with Gasteiger partial charge in [-0.1, -0.05) is 119 Å². The van der Waals surface area contributed by atoms with Crippen molar-refractivity contribution in [1.29, 1.82) is 0 Å². The van der Waals surface area contributed by atoms with Crippen LogP contribution in [-0.4, -0.2) is 36.0 Å². The molecule has 516 valence electrons. The molecule has 0 aromatic heterocycles. The van der Waals surface area contributed by atoms with Gasteiger partial charge in [-0.3, -0.25) is 0 Å². The molecule has 0 fully saturated rings. The molecular formula is C58H46F34. The molecule has 0 aliphatic carbocycles. The van der Waals surface area contributed by atoms with Gasteiger partial charge in [0, 0.05) is 34.6 Å². The minimum absolute atomic E-state index is 0.524. The topological polar surface area (TPSA) is 0 Å². The number of rotatable bonds is 12. The number of hydrogen-bond acceptors (Lipinski definition) is 0. The molecule has 0 nitrogen and oxygen atoms in total. The molecule has 0 spiro atoms. The summed E-state index contributed by atoms with van der Waals surface area (Å²) in [7, 11) is 0. The van der Waals surface area contributed by atoms with Gasteiger partial charge in [0.2, 0.25) is 17.5 Å². The molecular weight excluding hydrogens is 1340 g/mol. The van der Waals surface area contributed by atoms with Gasteiger partial charge in [-0.25, -0.2) is 65.9 Å². The van der Waals surface area contributed by atoms with Crippen LogP contribution in [0.4, 0.5) is 149 Å². The zero-order chi connectivity index (χ0) is 72.2. The second-order valence-corrected chi connectivity index (χ2v) is 19.2. The van der Waals surface area contributed by atoms with Gasteiger partial charge in [0.15, 0.2) is 69.8 Å². The van der Waals surface area contributed by atoms with Gasteiger partial charge in [-0.2, -0.15) is 83.4 Å². The molecule has 0 saturated heterocycles. The first-order chi connectivity index (χ1) is 41.7. The average Bonchev–Trinajstić information content (AvgIpc) is 0.734. The lowest BCUT2D eigenvalue weighted by Gasteiger charge is -2.37. The van der Waals surface area contributed by atoms with Crippen LogP contribution in [0.2, 0.25) is 0 Å². The zero-order valence-corrected chi connectivity index (χ0v) is 47.6.